The Balaban J connectivity index is 2.59. The first kappa shape index (κ1) is 14.6. The molecule has 3 nitrogen and oxygen atoms in total. The molecule has 0 saturated heterocycles. The van der Waals surface area contributed by atoms with Crippen LogP contribution in [0.2, 0.25) is 0 Å². The number of alkyl carbamates (subject to hydrolysis) is 1. The summed E-state index contributed by atoms with van der Waals surface area (Å²) in [5.41, 5.74) is -0.737. The van der Waals surface area contributed by atoms with E-state index in [0.29, 0.717) is 11.8 Å². The first-order chi connectivity index (χ1) is 7.76. The summed E-state index contributed by atoms with van der Waals surface area (Å²) < 4.78 is 5.29. The van der Waals surface area contributed by atoms with Gasteiger partial charge in [0.15, 0.2) is 0 Å². The van der Waals surface area contributed by atoms with Crippen molar-refractivity contribution >= 4 is 17.7 Å². The van der Waals surface area contributed by atoms with E-state index in [1.807, 2.05) is 20.8 Å². The van der Waals surface area contributed by atoms with Crippen LogP contribution in [0.4, 0.5) is 4.79 Å². The number of nitrogens with one attached hydrogen (secondary N) is 1. The van der Waals surface area contributed by atoms with Crippen molar-refractivity contribution in [3.8, 4) is 0 Å². The van der Waals surface area contributed by atoms with Gasteiger partial charge in [0.25, 0.3) is 0 Å². The van der Waals surface area contributed by atoms with Gasteiger partial charge in [-0.25, -0.2) is 4.79 Å². The fourth-order valence-electron chi connectivity index (χ4n) is 2.45. The van der Waals surface area contributed by atoms with Crippen LogP contribution < -0.4 is 5.32 Å². The van der Waals surface area contributed by atoms with Gasteiger partial charge in [0, 0.05) is 5.88 Å². The molecule has 1 amide bonds. The van der Waals surface area contributed by atoms with Gasteiger partial charge in [-0.3, -0.25) is 0 Å². The number of carbonyl (C=O) groups is 1. The first-order valence-electron chi connectivity index (χ1n) is 6.33. The van der Waals surface area contributed by atoms with E-state index in [9.17, 15) is 4.79 Å². The molecule has 100 valence electrons. The van der Waals surface area contributed by atoms with Crippen molar-refractivity contribution in [2.24, 2.45) is 5.92 Å². The number of hydrogen-bond donors (Lipinski definition) is 1. The summed E-state index contributed by atoms with van der Waals surface area (Å²) in [6, 6.07) is 0. The highest BCUT2D eigenvalue weighted by Crippen LogP contribution is 2.33. The topological polar surface area (TPSA) is 38.3 Å². The number of carbonyl (C=O) groups excluding carboxylic acids is 1. The minimum Gasteiger partial charge on any atom is -0.444 e. The van der Waals surface area contributed by atoms with Crippen molar-refractivity contribution in [1.82, 2.24) is 5.32 Å². The van der Waals surface area contributed by atoms with Crippen LogP contribution in [0, 0.1) is 5.92 Å². The van der Waals surface area contributed by atoms with E-state index in [1.165, 1.54) is 6.42 Å². The molecule has 0 aliphatic heterocycles. The highest BCUT2D eigenvalue weighted by Gasteiger charge is 2.36. The summed E-state index contributed by atoms with van der Waals surface area (Å²) in [6.45, 7) is 7.80. The summed E-state index contributed by atoms with van der Waals surface area (Å²) in [5.74, 6) is 1.06. The smallest absolute Gasteiger partial charge is 0.408 e. The molecule has 1 aliphatic carbocycles. The van der Waals surface area contributed by atoms with Crippen LogP contribution in [-0.4, -0.2) is 23.1 Å². The summed E-state index contributed by atoms with van der Waals surface area (Å²) in [7, 11) is 0. The lowest BCUT2D eigenvalue weighted by atomic mass is 9.77. The zero-order valence-corrected chi connectivity index (χ0v) is 12.1. The van der Waals surface area contributed by atoms with Gasteiger partial charge in [0.1, 0.15) is 5.60 Å². The average molecular weight is 262 g/mol. The maximum absolute atomic E-state index is 11.8. The Kier molecular flexibility index (Phi) is 4.70. The molecule has 1 N–H and O–H groups in total. The molecule has 0 spiro atoms. The second-order valence-corrected chi connectivity index (χ2v) is 6.51. The van der Waals surface area contributed by atoms with Crippen molar-refractivity contribution in [3.63, 3.8) is 0 Å². The van der Waals surface area contributed by atoms with Crippen molar-refractivity contribution in [1.29, 1.82) is 0 Å². The molecule has 0 radical (unpaired) electrons. The maximum Gasteiger partial charge on any atom is 0.408 e. The lowest BCUT2D eigenvalue weighted by molar-refractivity contribution is 0.0425. The Morgan fingerprint density at radius 1 is 1.53 bits per heavy atom. The van der Waals surface area contributed by atoms with Crippen LogP contribution in [0.5, 0.6) is 0 Å². The van der Waals surface area contributed by atoms with E-state index >= 15 is 0 Å². The first-order valence-corrected chi connectivity index (χ1v) is 6.87. The van der Waals surface area contributed by atoms with Gasteiger partial charge in [-0.1, -0.05) is 19.8 Å². The van der Waals surface area contributed by atoms with E-state index in [1.54, 1.807) is 0 Å². The van der Waals surface area contributed by atoms with E-state index in [0.717, 1.165) is 19.3 Å². The van der Waals surface area contributed by atoms with Gasteiger partial charge >= 0.3 is 6.09 Å². The lowest BCUT2D eigenvalue weighted by Gasteiger charge is -2.39. The monoisotopic (exact) mass is 261 g/mol. The molecular formula is C13H24ClNO2. The number of amides is 1. The zero-order valence-electron chi connectivity index (χ0n) is 11.3. The minimum atomic E-state index is -0.460. The Morgan fingerprint density at radius 3 is 2.65 bits per heavy atom. The highest BCUT2D eigenvalue weighted by molar-refractivity contribution is 6.18. The molecule has 1 fully saturated rings. The van der Waals surface area contributed by atoms with Crippen LogP contribution in [0.15, 0.2) is 0 Å². The number of halogens is 1. The molecular weight excluding hydrogens is 238 g/mol. The zero-order chi connectivity index (χ0) is 13.1. The minimum absolute atomic E-state index is 0.276. The van der Waals surface area contributed by atoms with Gasteiger partial charge in [0.2, 0.25) is 0 Å². The van der Waals surface area contributed by atoms with Crippen LogP contribution in [0.3, 0.4) is 0 Å². The SMILES string of the molecule is CC1CCCC(CCl)(NC(=O)OC(C)(C)C)C1. The molecule has 0 heterocycles. The van der Waals surface area contributed by atoms with Gasteiger partial charge in [-0.05, 0) is 39.5 Å². The van der Waals surface area contributed by atoms with Crippen molar-refractivity contribution < 1.29 is 9.53 Å². The fraction of sp³-hybridized carbons (Fsp3) is 0.923. The standard InChI is InChI=1S/C13H24ClNO2/c1-10-6-5-7-13(8-10,9-14)15-11(16)17-12(2,3)4/h10H,5-9H2,1-4H3,(H,15,16). The van der Waals surface area contributed by atoms with Gasteiger partial charge in [-0.15, -0.1) is 11.6 Å². The number of ether oxygens (including phenoxy) is 1. The highest BCUT2D eigenvalue weighted by atomic mass is 35.5. The average Bonchev–Trinajstić information content (AvgIpc) is 2.14. The second-order valence-electron chi connectivity index (χ2n) is 6.24. The maximum atomic E-state index is 11.8. The molecule has 0 aromatic rings. The third-order valence-corrected chi connectivity index (χ3v) is 3.62. The molecule has 1 saturated carbocycles. The Bertz CT molecular complexity index is 275. The number of alkyl halides is 1. The van der Waals surface area contributed by atoms with Crippen LogP contribution in [0.1, 0.15) is 53.4 Å². The Hall–Kier alpha value is -0.440. The number of hydrogen-bond acceptors (Lipinski definition) is 2. The number of rotatable bonds is 2. The molecule has 4 heteroatoms. The van der Waals surface area contributed by atoms with Gasteiger partial charge in [-0.2, -0.15) is 0 Å². The molecule has 1 rings (SSSR count). The molecule has 0 aromatic carbocycles. The lowest BCUT2D eigenvalue weighted by Crippen LogP contribution is -2.53. The third-order valence-electron chi connectivity index (χ3n) is 3.11. The summed E-state index contributed by atoms with van der Waals surface area (Å²) in [5, 5.41) is 2.98. The quantitative estimate of drug-likeness (QED) is 0.770. The van der Waals surface area contributed by atoms with Crippen molar-refractivity contribution in [2.75, 3.05) is 5.88 Å². The van der Waals surface area contributed by atoms with E-state index < -0.39 is 5.60 Å². The molecule has 0 bridgehead atoms. The predicted octanol–water partition coefficient (Wildman–Crippen LogP) is 3.70. The summed E-state index contributed by atoms with van der Waals surface area (Å²) in [6.07, 6.45) is 3.86. The predicted molar refractivity (Wildman–Crippen MR) is 70.5 cm³/mol. The molecule has 2 unspecified atom stereocenters. The molecule has 1 aliphatic rings. The van der Waals surface area contributed by atoms with Crippen LogP contribution in [0.25, 0.3) is 0 Å². The van der Waals surface area contributed by atoms with Crippen molar-refractivity contribution in [2.45, 2.75) is 64.5 Å². The van der Waals surface area contributed by atoms with Gasteiger partial charge in [0.05, 0.1) is 5.54 Å². The van der Waals surface area contributed by atoms with Crippen LogP contribution in [-0.2, 0) is 4.74 Å². The normalized spacial score (nSPS) is 29.8. The summed E-state index contributed by atoms with van der Waals surface area (Å²) >= 11 is 6.05. The van der Waals surface area contributed by atoms with Crippen LogP contribution >= 0.6 is 11.6 Å². The molecule has 0 aromatic heterocycles. The Labute approximate surface area is 109 Å². The second kappa shape index (κ2) is 5.47. The van der Waals surface area contributed by atoms with E-state index in [4.69, 9.17) is 16.3 Å². The van der Waals surface area contributed by atoms with Gasteiger partial charge < -0.3 is 10.1 Å². The molecule has 17 heavy (non-hydrogen) atoms. The fourth-order valence-corrected chi connectivity index (χ4v) is 2.76. The van der Waals surface area contributed by atoms with E-state index in [2.05, 4.69) is 12.2 Å². The summed E-state index contributed by atoms with van der Waals surface area (Å²) in [4.78, 5) is 11.8. The van der Waals surface area contributed by atoms with E-state index in [-0.39, 0.29) is 11.6 Å². The third kappa shape index (κ3) is 4.74. The molecule has 2 atom stereocenters. The van der Waals surface area contributed by atoms with Crippen molar-refractivity contribution in [3.05, 3.63) is 0 Å². The Morgan fingerprint density at radius 2 is 2.18 bits per heavy atom. The largest absolute Gasteiger partial charge is 0.444 e.